The number of aliphatic hydroxyl groups excluding tert-OH is 1. The van der Waals surface area contributed by atoms with E-state index in [-0.39, 0.29) is 6.10 Å². The van der Waals surface area contributed by atoms with Crippen LogP contribution in [-0.2, 0) is 6.42 Å². The highest BCUT2D eigenvalue weighted by Crippen LogP contribution is 2.31. The van der Waals surface area contributed by atoms with Gasteiger partial charge in [0.2, 0.25) is 0 Å². The largest absolute Gasteiger partial charge is 0.393 e. The third kappa shape index (κ3) is 2.87. The molecule has 2 atom stereocenters. The molecular formula is C12H14Cl2O. The van der Waals surface area contributed by atoms with Crippen molar-refractivity contribution in [2.45, 2.75) is 31.8 Å². The molecule has 1 aliphatic rings. The van der Waals surface area contributed by atoms with Crippen LogP contribution >= 0.6 is 23.2 Å². The molecule has 0 aliphatic heterocycles. The van der Waals surface area contributed by atoms with Gasteiger partial charge in [-0.3, -0.25) is 0 Å². The summed E-state index contributed by atoms with van der Waals surface area (Å²) in [5.41, 5.74) is 1.14. The van der Waals surface area contributed by atoms with Gasteiger partial charge in [0.1, 0.15) is 0 Å². The van der Waals surface area contributed by atoms with Gasteiger partial charge in [0.05, 0.1) is 6.10 Å². The number of benzene rings is 1. The van der Waals surface area contributed by atoms with Crippen molar-refractivity contribution >= 4 is 23.2 Å². The monoisotopic (exact) mass is 244 g/mol. The molecule has 1 nitrogen and oxygen atoms in total. The first-order valence-corrected chi connectivity index (χ1v) is 6.02. The molecule has 0 saturated heterocycles. The van der Waals surface area contributed by atoms with Crippen LogP contribution in [0.1, 0.15) is 24.8 Å². The van der Waals surface area contributed by atoms with Gasteiger partial charge >= 0.3 is 0 Å². The Labute approximate surface area is 100 Å². The first-order chi connectivity index (χ1) is 7.15. The van der Waals surface area contributed by atoms with E-state index in [1.807, 2.05) is 12.1 Å². The van der Waals surface area contributed by atoms with Gasteiger partial charge in [-0.05, 0) is 49.3 Å². The molecule has 0 spiro atoms. The molecular weight excluding hydrogens is 231 g/mol. The Hall–Kier alpha value is -0.240. The molecule has 0 heterocycles. The number of hydrogen-bond acceptors (Lipinski definition) is 1. The van der Waals surface area contributed by atoms with Crippen LogP contribution in [-0.4, -0.2) is 11.2 Å². The van der Waals surface area contributed by atoms with E-state index in [9.17, 15) is 5.11 Å². The van der Waals surface area contributed by atoms with Crippen LogP contribution in [0.15, 0.2) is 18.2 Å². The summed E-state index contributed by atoms with van der Waals surface area (Å²) in [4.78, 5) is 0. The van der Waals surface area contributed by atoms with Gasteiger partial charge in [-0.2, -0.15) is 0 Å². The molecule has 15 heavy (non-hydrogen) atoms. The van der Waals surface area contributed by atoms with Crippen molar-refractivity contribution in [1.82, 2.24) is 0 Å². The third-order valence-corrected chi connectivity index (χ3v) is 3.62. The van der Waals surface area contributed by atoms with Crippen molar-refractivity contribution in [2.24, 2.45) is 5.92 Å². The number of halogens is 2. The minimum Gasteiger partial charge on any atom is -0.393 e. The predicted octanol–water partition coefficient (Wildman–Crippen LogP) is 3.70. The van der Waals surface area contributed by atoms with Crippen LogP contribution in [0.5, 0.6) is 0 Å². The molecule has 0 amide bonds. The van der Waals surface area contributed by atoms with Gasteiger partial charge in [-0.25, -0.2) is 0 Å². The van der Waals surface area contributed by atoms with Crippen LogP contribution < -0.4 is 0 Å². The molecule has 2 unspecified atom stereocenters. The molecule has 1 aromatic carbocycles. The minimum atomic E-state index is -0.110. The summed E-state index contributed by atoms with van der Waals surface area (Å²) in [7, 11) is 0. The molecule has 1 aliphatic carbocycles. The van der Waals surface area contributed by atoms with Gasteiger partial charge < -0.3 is 5.11 Å². The average Bonchev–Trinajstić information content (AvgIpc) is 2.56. The molecule has 0 radical (unpaired) electrons. The molecule has 1 fully saturated rings. The topological polar surface area (TPSA) is 20.2 Å². The zero-order valence-electron chi connectivity index (χ0n) is 8.42. The lowest BCUT2D eigenvalue weighted by atomic mass is 9.98. The van der Waals surface area contributed by atoms with Crippen molar-refractivity contribution in [3.63, 3.8) is 0 Å². The Balaban J connectivity index is 2.04. The highest BCUT2D eigenvalue weighted by molar-refractivity contribution is 6.35. The Morgan fingerprint density at radius 1 is 1.27 bits per heavy atom. The smallest absolute Gasteiger partial charge is 0.0543 e. The second-order valence-corrected chi connectivity index (χ2v) is 5.12. The molecule has 82 valence electrons. The Bertz CT molecular complexity index is 351. The summed E-state index contributed by atoms with van der Waals surface area (Å²) in [5, 5.41) is 10.9. The van der Waals surface area contributed by atoms with E-state index in [0.29, 0.717) is 10.9 Å². The number of hydrogen-bond donors (Lipinski definition) is 1. The summed E-state index contributed by atoms with van der Waals surface area (Å²) in [6, 6.07) is 5.63. The fourth-order valence-corrected chi connectivity index (χ4v) is 2.72. The summed E-state index contributed by atoms with van der Waals surface area (Å²) in [5.74, 6) is 0.568. The number of aliphatic hydroxyl groups is 1. The number of rotatable bonds is 2. The van der Waals surface area contributed by atoms with Crippen molar-refractivity contribution < 1.29 is 5.11 Å². The summed E-state index contributed by atoms with van der Waals surface area (Å²) in [6.07, 6.45) is 3.77. The van der Waals surface area contributed by atoms with Gasteiger partial charge in [0.25, 0.3) is 0 Å². The van der Waals surface area contributed by atoms with Gasteiger partial charge in [-0.15, -0.1) is 0 Å². The molecule has 1 N–H and O–H groups in total. The highest BCUT2D eigenvalue weighted by atomic mass is 35.5. The first kappa shape index (κ1) is 11.3. The summed E-state index contributed by atoms with van der Waals surface area (Å²) < 4.78 is 0. The summed E-state index contributed by atoms with van der Waals surface area (Å²) in [6.45, 7) is 0. The lowest BCUT2D eigenvalue weighted by Gasteiger charge is -2.10. The molecule has 2 rings (SSSR count). The van der Waals surface area contributed by atoms with E-state index in [1.54, 1.807) is 6.07 Å². The van der Waals surface area contributed by atoms with E-state index in [4.69, 9.17) is 23.2 Å². The Kier molecular flexibility index (Phi) is 3.55. The normalized spacial score (nSPS) is 25.8. The van der Waals surface area contributed by atoms with E-state index < -0.39 is 0 Å². The van der Waals surface area contributed by atoms with Gasteiger partial charge in [-0.1, -0.05) is 29.3 Å². The van der Waals surface area contributed by atoms with Crippen LogP contribution in [0.3, 0.4) is 0 Å². The molecule has 0 bridgehead atoms. The van der Waals surface area contributed by atoms with Crippen LogP contribution in [0.2, 0.25) is 10.0 Å². The predicted molar refractivity (Wildman–Crippen MR) is 63.5 cm³/mol. The fraction of sp³-hybridized carbons (Fsp3) is 0.500. The molecule has 0 aromatic heterocycles. The van der Waals surface area contributed by atoms with E-state index in [1.165, 1.54) is 0 Å². The fourth-order valence-electron chi connectivity index (χ4n) is 2.23. The minimum absolute atomic E-state index is 0.110. The van der Waals surface area contributed by atoms with Crippen molar-refractivity contribution in [3.8, 4) is 0 Å². The third-order valence-electron chi connectivity index (χ3n) is 3.04. The van der Waals surface area contributed by atoms with E-state index >= 15 is 0 Å². The zero-order chi connectivity index (χ0) is 10.8. The van der Waals surface area contributed by atoms with Crippen molar-refractivity contribution in [3.05, 3.63) is 33.8 Å². The Morgan fingerprint density at radius 2 is 2.07 bits per heavy atom. The zero-order valence-corrected chi connectivity index (χ0v) is 9.93. The maximum absolute atomic E-state index is 9.44. The molecule has 1 saturated carbocycles. The van der Waals surface area contributed by atoms with Gasteiger partial charge in [0, 0.05) is 10.0 Å². The maximum Gasteiger partial charge on any atom is 0.0543 e. The average molecular weight is 245 g/mol. The first-order valence-electron chi connectivity index (χ1n) is 5.27. The lowest BCUT2D eigenvalue weighted by molar-refractivity contribution is 0.177. The standard InChI is InChI=1S/C12H14Cl2O/c13-10-3-2-9(12(14)7-10)5-8-1-4-11(15)6-8/h2-3,7-8,11,15H,1,4-6H2. The second-order valence-electron chi connectivity index (χ2n) is 4.27. The summed E-state index contributed by atoms with van der Waals surface area (Å²) >= 11 is 11.9. The highest BCUT2D eigenvalue weighted by Gasteiger charge is 2.23. The van der Waals surface area contributed by atoms with Gasteiger partial charge in [0.15, 0.2) is 0 Å². The van der Waals surface area contributed by atoms with Crippen LogP contribution in [0.4, 0.5) is 0 Å². The van der Waals surface area contributed by atoms with Crippen LogP contribution in [0.25, 0.3) is 0 Å². The van der Waals surface area contributed by atoms with E-state index in [0.717, 1.165) is 36.3 Å². The maximum atomic E-state index is 9.44. The van der Waals surface area contributed by atoms with E-state index in [2.05, 4.69) is 0 Å². The molecule has 3 heteroatoms. The quantitative estimate of drug-likeness (QED) is 0.842. The molecule has 1 aromatic rings. The van der Waals surface area contributed by atoms with Crippen LogP contribution in [0, 0.1) is 5.92 Å². The SMILES string of the molecule is OC1CCC(Cc2ccc(Cl)cc2Cl)C1. The van der Waals surface area contributed by atoms with Crippen molar-refractivity contribution in [2.75, 3.05) is 0 Å². The second kappa shape index (κ2) is 4.73. The Morgan fingerprint density at radius 3 is 2.67 bits per heavy atom. The van der Waals surface area contributed by atoms with Crippen molar-refractivity contribution in [1.29, 1.82) is 0 Å². The lowest BCUT2D eigenvalue weighted by Crippen LogP contribution is -2.03.